The molecule has 1 saturated heterocycles. The van der Waals surface area contributed by atoms with Gasteiger partial charge in [0.15, 0.2) is 5.96 Å². The molecule has 1 aliphatic heterocycles. The van der Waals surface area contributed by atoms with E-state index in [0.717, 1.165) is 25.5 Å². The Kier molecular flexibility index (Phi) is 11.8. The van der Waals surface area contributed by atoms with Gasteiger partial charge >= 0.3 is 0 Å². The first-order valence-corrected chi connectivity index (χ1v) is 9.35. The molecular weight excluding hydrogens is 444 g/mol. The van der Waals surface area contributed by atoms with Gasteiger partial charge in [-0.05, 0) is 32.0 Å². The molecule has 1 aromatic rings. The van der Waals surface area contributed by atoms with E-state index in [0.29, 0.717) is 12.1 Å². The summed E-state index contributed by atoms with van der Waals surface area (Å²) in [5, 5.41) is 6.46. The lowest BCUT2D eigenvalue weighted by Gasteiger charge is -2.34. The maximum Gasteiger partial charge on any atom is 0.191 e. The predicted octanol–water partition coefficient (Wildman–Crippen LogP) is 2.53. The van der Waals surface area contributed by atoms with E-state index in [9.17, 15) is 4.39 Å². The number of piperazine rings is 1. The Hall–Kier alpha value is -0.930. The van der Waals surface area contributed by atoms with Crippen LogP contribution in [0.2, 0.25) is 0 Å². The highest BCUT2D eigenvalue weighted by Crippen LogP contribution is 2.05. The number of nitrogens with zero attached hydrogens (tertiary/aromatic N) is 3. The van der Waals surface area contributed by atoms with E-state index in [1.807, 2.05) is 6.07 Å². The molecule has 7 heteroatoms. The van der Waals surface area contributed by atoms with Crippen LogP contribution in [0.25, 0.3) is 0 Å². The number of halogens is 2. The number of hydrogen-bond acceptors (Lipinski definition) is 3. The molecule has 5 nitrogen and oxygen atoms in total. The van der Waals surface area contributed by atoms with Gasteiger partial charge in [-0.15, -0.1) is 24.0 Å². The fourth-order valence-corrected chi connectivity index (χ4v) is 3.04. The van der Waals surface area contributed by atoms with Gasteiger partial charge in [0.25, 0.3) is 0 Å². The van der Waals surface area contributed by atoms with Gasteiger partial charge < -0.3 is 20.4 Å². The van der Waals surface area contributed by atoms with E-state index >= 15 is 0 Å². The molecule has 148 valence electrons. The average molecular weight is 477 g/mol. The standard InChI is InChI=1S/C19H32FN5.HI/c1-3-24-12-14-25(15-13-24)11-7-6-10-22-19(21-2)23-16-17-8-4-5-9-18(17)20;/h4-5,8-9H,3,6-7,10-16H2,1-2H3,(H2,21,22,23);1H. The van der Waals surface area contributed by atoms with Crippen LogP contribution in [0.4, 0.5) is 4.39 Å². The maximum absolute atomic E-state index is 13.6. The lowest BCUT2D eigenvalue weighted by atomic mass is 10.2. The van der Waals surface area contributed by atoms with Crippen LogP contribution >= 0.6 is 24.0 Å². The lowest BCUT2D eigenvalue weighted by molar-refractivity contribution is 0.136. The number of aliphatic imine (C=N–C) groups is 1. The highest BCUT2D eigenvalue weighted by atomic mass is 127. The van der Waals surface area contributed by atoms with E-state index in [1.165, 1.54) is 45.2 Å². The SMILES string of the molecule is CCN1CCN(CCCCNC(=NC)NCc2ccccc2F)CC1.I. The Bertz CT molecular complexity index is 532. The van der Waals surface area contributed by atoms with Gasteiger partial charge in [-0.25, -0.2) is 4.39 Å². The van der Waals surface area contributed by atoms with Crippen molar-refractivity contribution in [2.24, 2.45) is 4.99 Å². The molecule has 0 saturated carbocycles. The van der Waals surface area contributed by atoms with E-state index in [1.54, 1.807) is 19.2 Å². The summed E-state index contributed by atoms with van der Waals surface area (Å²) in [4.78, 5) is 9.25. The van der Waals surface area contributed by atoms with Crippen LogP contribution in [0, 0.1) is 5.82 Å². The van der Waals surface area contributed by atoms with Crippen LogP contribution in [0.3, 0.4) is 0 Å². The minimum absolute atomic E-state index is 0. The van der Waals surface area contributed by atoms with Crippen molar-refractivity contribution >= 4 is 29.9 Å². The summed E-state index contributed by atoms with van der Waals surface area (Å²) in [5.41, 5.74) is 0.650. The molecule has 0 spiro atoms. The average Bonchev–Trinajstić information content (AvgIpc) is 2.65. The molecular formula is C19H33FIN5. The molecule has 1 aromatic carbocycles. The van der Waals surface area contributed by atoms with Crippen molar-refractivity contribution in [2.45, 2.75) is 26.3 Å². The Balaban J connectivity index is 0.00000338. The van der Waals surface area contributed by atoms with E-state index < -0.39 is 0 Å². The Morgan fingerprint density at radius 1 is 1.08 bits per heavy atom. The van der Waals surface area contributed by atoms with Crippen LogP contribution in [-0.2, 0) is 6.54 Å². The van der Waals surface area contributed by atoms with Gasteiger partial charge in [-0.3, -0.25) is 4.99 Å². The van der Waals surface area contributed by atoms with Gasteiger partial charge in [0.05, 0.1) is 0 Å². The summed E-state index contributed by atoms with van der Waals surface area (Å²) in [6, 6.07) is 6.81. The number of likely N-dealkylation sites (N-methyl/N-ethyl adjacent to an activating group) is 1. The fraction of sp³-hybridized carbons (Fsp3) is 0.632. The molecule has 1 heterocycles. The first-order valence-electron chi connectivity index (χ1n) is 9.35. The molecule has 0 aromatic heterocycles. The summed E-state index contributed by atoms with van der Waals surface area (Å²) < 4.78 is 13.6. The third-order valence-electron chi connectivity index (χ3n) is 4.73. The fourth-order valence-electron chi connectivity index (χ4n) is 3.04. The van der Waals surface area contributed by atoms with Gasteiger partial charge in [0.2, 0.25) is 0 Å². The molecule has 0 amide bonds. The third-order valence-corrected chi connectivity index (χ3v) is 4.73. The second kappa shape index (κ2) is 13.3. The normalized spacial score (nSPS) is 16.2. The first kappa shape index (κ1) is 23.1. The minimum Gasteiger partial charge on any atom is -0.356 e. The monoisotopic (exact) mass is 477 g/mol. The third kappa shape index (κ3) is 8.18. The predicted molar refractivity (Wildman–Crippen MR) is 118 cm³/mol. The van der Waals surface area contributed by atoms with Crippen LogP contribution in [0.5, 0.6) is 0 Å². The second-order valence-corrected chi connectivity index (χ2v) is 6.43. The molecule has 2 rings (SSSR count). The van der Waals surface area contributed by atoms with Crippen molar-refractivity contribution in [3.8, 4) is 0 Å². The van der Waals surface area contributed by atoms with Crippen LogP contribution in [-0.4, -0.2) is 68.6 Å². The topological polar surface area (TPSA) is 42.9 Å². The highest BCUT2D eigenvalue weighted by Gasteiger charge is 2.14. The van der Waals surface area contributed by atoms with E-state index in [2.05, 4.69) is 32.3 Å². The van der Waals surface area contributed by atoms with Gasteiger partial charge in [-0.1, -0.05) is 25.1 Å². The van der Waals surface area contributed by atoms with Crippen molar-refractivity contribution < 1.29 is 4.39 Å². The zero-order chi connectivity index (χ0) is 17.9. The number of rotatable bonds is 8. The molecule has 26 heavy (non-hydrogen) atoms. The number of nitrogens with one attached hydrogen (secondary N) is 2. The van der Waals surface area contributed by atoms with Crippen LogP contribution in [0.15, 0.2) is 29.3 Å². The molecule has 0 unspecified atom stereocenters. The van der Waals surface area contributed by atoms with Crippen LogP contribution in [0.1, 0.15) is 25.3 Å². The molecule has 0 radical (unpaired) electrons. The highest BCUT2D eigenvalue weighted by molar-refractivity contribution is 14.0. The number of hydrogen-bond donors (Lipinski definition) is 2. The Morgan fingerprint density at radius 2 is 1.77 bits per heavy atom. The molecule has 0 aliphatic carbocycles. The molecule has 1 aliphatic rings. The molecule has 0 bridgehead atoms. The summed E-state index contributed by atoms with van der Waals surface area (Å²) >= 11 is 0. The minimum atomic E-state index is -0.186. The van der Waals surface area contributed by atoms with Gasteiger partial charge in [0.1, 0.15) is 5.82 Å². The summed E-state index contributed by atoms with van der Waals surface area (Å²) in [5.74, 6) is 0.536. The first-order chi connectivity index (χ1) is 12.2. The van der Waals surface area contributed by atoms with Crippen molar-refractivity contribution in [3.05, 3.63) is 35.6 Å². The quantitative estimate of drug-likeness (QED) is 0.262. The summed E-state index contributed by atoms with van der Waals surface area (Å²) in [7, 11) is 1.74. The summed E-state index contributed by atoms with van der Waals surface area (Å²) in [6.45, 7) is 10.6. The zero-order valence-corrected chi connectivity index (χ0v) is 18.3. The largest absolute Gasteiger partial charge is 0.356 e. The number of guanidine groups is 1. The Labute approximate surface area is 174 Å². The number of unbranched alkanes of at least 4 members (excludes halogenated alkanes) is 1. The zero-order valence-electron chi connectivity index (χ0n) is 16.0. The lowest BCUT2D eigenvalue weighted by Crippen LogP contribution is -2.46. The maximum atomic E-state index is 13.6. The molecule has 0 atom stereocenters. The summed E-state index contributed by atoms with van der Waals surface area (Å²) in [6.07, 6.45) is 2.29. The van der Waals surface area contributed by atoms with Crippen LogP contribution < -0.4 is 10.6 Å². The van der Waals surface area contributed by atoms with E-state index in [-0.39, 0.29) is 29.8 Å². The van der Waals surface area contributed by atoms with Crippen molar-refractivity contribution in [1.82, 2.24) is 20.4 Å². The Morgan fingerprint density at radius 3 is 2.42 bits per heavy atom. The number of benzene rings is 1. The smallest absolute Gasteiger partial charge is 0.191 e. The molecule has 2 N–H and O–H groups in total. The van der Waals surface area contributed by atoms with Crippen molar-refractivity contribution in [1.29, 1.82) is 0 Å². The van der Waals surface area contributed by atoms with Crippen molar-refractivity contribution in [3.63, 3.8) is 0 Å². The molecule has 1 fully saturated rings. The van der Waals surface area contributed by atoms with Crippen molar-refractivity contribution in [2.75, 3.05) is 52.9 Å². The second-order valence-electron chi connectivity index (χ2n) is 6.43. The van der Waals surface area contributed by atoms with E-state index in [4.69, 9.17) is 0 Å². The van der Waals surface area contributed by atoms with Gasteiger partial charge in [0, 0.05) is 51.9 Å². The van der Waals surface area contributed by atoms with Gasteiger partial charge in [-0.2, -0.15) is 0 Å².